The molecule has 0 aliphatic heterocycles. The minimum atomic E-state index is -1.18. The number of urea groups is 1. The zero-order chi connectivity index (χ0) is 15.2. The molecule has 1 saturated carbocycles. The monoisotopic (exact) mass is 284 g/mol. The Morgan fingerprint density at radius 3 is 2.25 bits per heavy atom. The highest BCUT2D eigenvalue weighted by Gasteiger charge is 2.34. The number of carbonyl (C=O) groups is 2. The van der Waals surface area contributed by atoms with E-state index in [1.807, 2.05) is 6.92 Å². The van der Waals surface area contributed by atoms with Crippen molar-refractivity contribution in [2.75, 3.05) is 0 Å². The van der Waals surface area contributed by atoms with E-state index in [-0.39, 0.29) is 12.1 Å². The number of carbonyl (C=O) groups excluding carboxylic acids is 1. The number of rotatable bonds is 6. The zero-order valence-electron chi connectivity index (χ0n) is 12.9. The highest BCUT2D eigenvalue weighted by atomic mass is 16.4. The van der Waals surface area contributed by atoms with Gasteiger partial charge in [0.15, 0.2) is 0 Å². The molecule has 0 aromatic heterocycles. The number of hydrogen-bond acceptors (Lipinski definition) is 2. The maximum atomic E-state index is 12.0. The predicted molar refractivity (Wildman–Crippen MR) is 78.7 cm³/mol. The fourth-order valence-corrected chi connectivity index (χ4v) is 2.91. The first-order valence-electron chi connectivity index (χ1n) is 7.73. The molecule has 0 aromatic rings. The molecule has 5 heteroatoms. The van der Waals surface area contributed by atoms with E-state index in [0.29, 0.717) is 12.8 Å². The highest BCUT2D eigenvalue weighted by molar-refractivity contribution is 5.85. The molecule has 0 saturated heterocycles. The van der Waals surface area contributed by atoms with Crippen LogP contribution in [0.2, 0.25) is 0 Å². The molecule has 3 N–H and O–H groups in total. The third-order valence-electron chi connectivity index (χ3n) is 4.37. The van der Waals surface area contributed by atoms with Gasteiger partial charge in [-0.2, -0.15) is 0 Å². The average molecular weight is 284 g/mol. The first-order valence-corrected chi connectivity index (χ1v) is 7.73. The molecule has 0 heterocycles. The van der Waals surface area contributed by atoms with Gasteiger partial charge in [-0.25, -0.2) is 9.59 Å². The van der Waals surface area contributed by atoms with Crippen molar-refractivity contribution >= 4 is 12.0 Å². The van der Waals surface area contributed by atoms with E-state index in [2.05, 4.69) is 17.6 Å². The number of carboxylic acids is 1. The van der Waals surface area contributed by atoms with E-state index in [9.17, 15) is 14.7 Å². The Kier molecular flexibility index (Phi) is 6.30. The fraction of sp³-hybridized carbons (Fsp3) is 0.867. The van der Waals surface area contributed by atoms with Crippen LogP contribution in [0.3, 0.4) is 0 Å². The van der Waals surface area contributed by atoms with Crippen molar-refractivity contribution in [2.24, 2.45) is 5.92 Å². The first kappa shape index (κ1) is 16.8. The quantitative estimate of drug-likeness (QED) is 0.701. The Balaban J connectivity index is 2.45. The van der Waals surface area contributed by atoms with Crippen LogP contribution in [-0.2, 0) is 4.79 Å². The normalized spacial score (nSPS) is 25.6. The van der Waals surface area contributed by atoms with Crippen molar-refractivity contribution in [3.8, 4) is 0 Å². The molecule has 1 rings (SSSR count). The van der Waals surface area contributed by atoms with Gasteiger partial charge in [0.2, 0.25) is 0 Å². The predicted octanol–water partition coefficient (Wildman–Crippen LogP) is 2.90. The van der Waals surface area contributed by atoms with Crippen LogP contribution in [0.25, 0.3) is 0 Å². The number of nitrogens with one attached hydrogen (secondary N) is 2. The smallest absolute Gasteiger partial charge is 0.329 e. The zero-order valence-corrected chi connectivity index (χ0v) is 12.9. The maximum absolute atomic E-state index is 12.0. The molecule has 1 aliphatic carbocycles. The van der Waals surface area contributed by atoms with Crippen LogP contribution in [-0.4, -0.2) is 28.7 Å². The van der Waals surface area contributed by atoms with E-state index in [0.717, 1.165) is 31.6 Å². The van der Waals surface area contributed by atoms with Gasteiger partial charge in [0.1, 0.15) is 5.54 Å². The summed E-state index contributed by atoms with van der Waals surface area (Å²) in [7, 11) is 0. The molecular weight excluding hydrogens is 256 g/mol. The second-order valence-corrected chi connectivity index (χ2v) is 6.11. The second kappa shape index (κ2) is 7.50. The molecule has 1 unspecified atom stereocenters. The topological polar surface area (TPSA) is 78.4 Å². The molecule has 0 aromatic carbocycles. The molecule has 116 valence electrons. The summed E-state index contributed by atoms with van der Waals surface area (Å²) >= 11 is 0. The van der Waals surface area contributed by atoms with Crippen molar-refractivity contribution in [1.82, 2.24) is 10.6 Å². The lowest BCUT2D eigenvalue weighted by Crippen LogP contribution is -2.56. The largest absolute Gasteiger partial charge is 0.480 e. The van der Waals surface area contributed by atoms with E-state index < -0.39 is 11.5 Å². The van der Waals surface area contributed by atoms with Crippen LogP contribution < -0.4 is 10.6 Å². The molecule has 0 spiro atoms. The second-order valence-electron chi connectivity index (χ2n) is 6.11. The molecule has 20 heavy (non-hydrogen) atoms. The van der Waals surface area contributed by atoms with Crippen LogP contribution in [0.5, 0.6) is 0 Å². The standard InChI is InChI=1S/C15H28N2O3/c1-4-10-15(3,13(18)19)17-14(20)16-12-8-6-11(5-2)7-9-12/h11-12H,4-10H2,1-3H3,(H,18,19)(H2,16,17,20). The lowest BCUT2D eigenvalue weighted by atomic mass is 9.84. The molecular formula is C15H28N2O3. The minimum absolute atomic E-state index is 0.178. The van der Waals surface area contributed by atoms with Crippen molar-refractivity contribution in [3.05, 3.63) is 0 Å². The van der Waals surface area contributed by atoms with Gasteiger partial charge in [0.05, 0.1) is 0 Å². The summed E-state index contributed by atoms with van der Waals surface area (Å²) in [6.45, 7) is 5.67. The Morgan fingerprint density at radius 2 is 1.80 bits per heavy atom. The first-order chi connectivity index (χ1) is 9.41. The van der Waals surface area contributed by atoms with E-state index in [1.165, 1.54) is 6.42 Å². The van der Waals surface area contributed by atoms with E-state index >= 15 is 0 Å². The summed E-state index contributed by atoms with van der Waals surface area (Å²) in [5.74, 6) is -0.204. The van der Waals surface area contributed by atoms with Gasteiger partial charge >= 0.3 is 12.0 Å². The summed E-state index contributed by atoms with van der Waals surface area (Å²) in [6, 6.07) is -0.180. The molecule has 2 amide bonds. The minimum Gasteiger partial charge on any atom is -0.480 e. The third kappa shape index (κ3) is 4.69. The summed E-state index contributed by atoms with van der Waals surface area (Å²) in [5.41, 5.74) is -1.18. The molecule has 0 radical (unpaired) electrons. The van der Waals surface area contributed by atoms with Crippen molar-refractivity contribution < 1.29 is 14.7 Å². The number of hydrogen-bond donors (Lipinski definition) is 3. The van der Waals surface area contributed by atoms with Gasteiger partial charge in [-0.15, -0.1) is 0 Å². The molecule has 1 fully saturated rings. The SMILES string of the molecule is CCCC(C)(NC(=O)NC1CCC(CC)CC1)C(=O)O. The molecule has 0 bridgehead atoms. The Morgan fingerprint density at radius 1 is 1.20 bits per heavy atom. The van der Waals surface area contributed by atoms with Crippen LogP contribution in [0, 0.1) is 5.92 Å². The lowest BCUT2D eigenvalue weighted by Gasteiger charge is -2.31. The Hall–Kier alpha value is -1.26. The van der Waals surface area contributed by atoms with Gasteiger partial charge < -0.3 is 15.7 Å². The summed E-state index contributed by atoms with van der Waals surface area (Å²) in [5, 5.41) is 14.8. The van der Waals surface area contributed by atoms with Crippen molar-refractivity contribution in [1.29, 1.82) is 0 Å². The Bertz CT molecular complexity index is 338. The molecule has 1 aliphatic rings. The highest BCUT2D eigenvalue weighted by Crippen LogP contribution is 2.26. The van der Waals surface area contributed by atoms with Crippen molar-refractivity contribution in [3.63, 3.8) is 0 Å². The van der Waals surface area contributed by atoms with Crippen LogP contribution in [0.15, 0.2) is 0 Å². The van der Waals surface area contributed by atoms with Gasteiger partial charge in [0.25, 0.3) is 0 Å². The number of aliphatic carboxylic acids is 1. The lowest BCUT2D eigenvalue weighted by molar-refractivity contribution is -0.144. The summed E-state index contributed by atoms with van der Waals surface area (Å²) in [4.78, 5) is 23.2. The maximum Gasteiger partial charge on any atom is 0.329 e. The van der Waals surface area contributed by atoms with Crippen LogP contribution in [0.1, 0.15) is 65.7 Å². The third-order valence-corrected chi connectivity index (χ3v) is 4.37. The van der Waals surface area contributed by atoms with Gasteiger partial charge in [0, 0.05) is 6.04 Å². The van der Waals surface area contributed by atoms with E-state index in [4.69, 9.17) is 0 Å². The van der Waals surface area contributed by atoms with Gasteiger partial charge in [-0.1, -0.05) is 26.7 Å². The fourth-order valence-electron chi connectivity index (χ4n) is 2.91. The van der Waals surface area contributed by atoms with Crippen LogP contribution in [0.4, 0.5) is 4.79 Å². The van der Waals surface area contributed by atoms with Crippen molar-refractivity contribution in [2.45, 2.75) is 77.3 Å². The molecule has 1 atom stereocenters. The summed E-state index contributed by atoms with van der Waals surface area (Å²) in [6.07, 6.45) is 6.61. The Labute approximate surface area is 121 Å². The van der Waals surface area contributed by atoms with E-state index in [1.54, 1.807) is 6.92 Å². The van der Waals surface area contributed by atoms with Crippen LogP contribution >= 0.6 is 0 Å². The van der Waals surface area contributed by atoms with Gasteiger partial charge in [-0.3, -0.25) is 0 Å². The number of amides is 2. The average Bonchev–Trinajstić information content (AvgIpc) is 2.39. The summed E-state index contributed by atoms with van der Waals surface area (Å²) < 4.78 is 0. The molecule has 5 nitrogen and oxygen atoms in total. The number of carboxylic acid groups (broad SMARTS) is 1. The van der Waals surface area contributed by atoms with Gasteiger partial charge in [-0.05, 0) is 44.9 Å².